The second-order valence-electron chi connectivity index (χ2n) is 4.79. The number of nitrogens with two attached hydrogens (primary N) is 1. The summed E-state index contributed by atoms with van der Waals surface area (Å²) in [5.74, 6) is 0.280. The van der Waals surface area contributed by atoms with Crippen LogP contribution in [0.15, 0.2) is 23.4 Å². The van der Waals surface area contributed by atoms with E-state index in [0.717, 1.165) is 11.1 Å². The van der Waals surface area contributed by atoms with Gasteiger partial charge in [-0.25, -0.2) is 8.42 Å². The van der Waals surface area contributed by atoms with Gasteiger partial charge in [0.25, 0.3) is 0 Å². The minimum absolute atomic E-state index is 0.0840. The maximum absolute atomic E-state index is 11.0. The van der Waals surface area contributed by atoms with Crippen molar-refractivity contribution < 1.29 is 13.6 Å². The van der Waals surface area contributed by atoms with Gasteiger partial charge in [0, 0.05) is 18.4 Å². The maximum atomic E-state index is 11.0. The van der Waals surface area contributed by atoms with Crippen LogP contribution in [0.25, 0.3) is 0 Å². The van der Waals surface area contributed by atoms with Crippen LogP contribution in [0.1, 0.15) is 23.1 Å². The Morgan fingerprint density at radius 3 is 2.70 bits per heavy atom. The van der Waals surface area contributed by atoms with Crippen molar-refractivity contribution in [3.05, 3.63) is 34.9 Å². The van der Waals surface area contributed by atoms with Crippen molar-refractivity contribution >= 4 is 15.7 Å². The SMILES string of the molecule is Cc1cc(/C(N)=N/O)ccc1CNCCCS(C)(=O)=O. The number of amidine groups is 1. The largest absolute Gasteiger partial charge is 0.409 e. The van der Waals surface area contributed by atoms with Crippen LogP contribution in [0, 0.1) is 6.92 Å². The molecule has 0 aliphatic rings. The number of hydrogen-bond donors (Lipinski definition) is 3. The Labute approximate surface area is 119 Å². The Bertz CT molecular complexity index is 583. The second-order valence-corrected chi connectivity index (χ2v) is 7.05. The summed E-state index contributed by atoms with van der Waals surface area (Å²) >= 11 is 0. The van der Waals surface area contributed by atoms with E-state index in [9.17, 15) is 8.42 Å². The fourth-order valence-corrected chi connectivity index (χ4v) is 2.46. The van der Waals surface area contributed by atoms with Gasteiger partial charge in [-0.3, -0.25) is 0 Å². The third-order valence-corrected chi connectivity index (χ3v) is 3.96. The number of nitrogens with one attached hydrogen (secondary N) is 1. The standard InChI is InChI=1S/C13H21N3O3S/c1-10-8-11(13(14)16-17)4-5-12(10)9-15-6-3-7-20(2,18)19/h4-5,8,15,17H,3,6-7,9H2,1-2H3,(H2,14,16). The first-order valence-electron chi connectivity index (χ1n) is 6.29. The van der Waals surface area contributed by atoms with Gasteiger partial charge in [0.15, 0.2) is 5.84 Å². The summed E-state index contributed by atoms with van der Waals surface area (Å²) in [5, 5.41) is 14.8. The lowest BCUT2D eigenvalue weighted by molar-refractivity contribution is 0.318. The van der Waals surface area contributed by atoms with Crippen molar-refractivity contribution in [1.82, 2.24) is 5.32 Å². The molecule has 0 aliphatic carbocycles. The van der Waals surface area contributed by atoms with E-state index in [0.29, 0.717) is 25.1 Å². The molecule has 0 bridgehead atoms. The van der Waals surface area contributed by atoms with Gasteiger partial charge in [-0.15, -0.1) is 0 Å². The molecule has 0 atom stereocenters. The predicted octanol–water partition coefficient (Wildman–Crippen LogP) is 0.614. The highest BCUT2D eigenvalue weighted by molar-refractivity contribution is 7.90. The first-order chi connectivity index (χ1) is 9.33. The number of nitrogens with zero attached hydrogens (tertiary/aromatic N) is 1. The van der Waals surface area contributed by atoms with Crippen molar-refractivity contribution in [2.24, 2.45) is 10.9 Å². The van der Waals surface area contributed by atoms with E-state index in [2.05, 4.69) is 10.5 Å². The highest BCUT2D eigenvalue weighted by Crippen LogP contribution is 2.11. The molecule has 112 valence electrons. The summed E-state index contributed by atoms with van der Waals surface area (Å²) in [7, 11) is -2.89. The van der Waals surface area contributed by atoms with Gasteiger partial charge in [0.1, 0.15) is 9.84 Å². The molecule has 20 heavy (non-hydrogen) atoms. The zero-order valence-electron chi connectivity index (χ0n) is 11.8. The van der Waals surface area contributed by atoms with Gasteiger partial charge in [-0.05, 0) is 37.1 Å². The molecule has 0 saturated heterocycles. The minimum Gasteiger partial charge on any atom is -0.409 e. The summed E-state index contributed by atoms with van der Waals surface area (Å²) in [6, 6.07) is 5.55. The lowest BCUT2D eigenvalue weighted by atomic mass is 10.0. The minimum atomic E-state index is -2.89. The molecule has 1 aromatic carbocycles. The molecule has 0 aliphatic heterocycles. The Morgan fingerprint density at radius 2 is 2.15 bits per heavy atom. The number of oxime groups is 1. The van der Waals surface area contributed by atoms with Gasteiger partial charge < -0.3 is 16.3 Å². The van der Waals surface area contributed by atoms with E-state index >= 15 is 0 Å². The Morgan fingerprint density at radius 1 is 1.45 bits per heavy atom. The van der Waals surface area contributed by atoms with Crippen LogP contribution in [0.3, 0.4) is 0 Å². The third kappa shape index (κ3) is 5.58. The molecule has 0 unspecified atom stereocenters. The molecule has 0 radical (unpaired) electrons. The second kappa shape index (κ2) is 7.25. The Balaban J connectivity index is 2.49. The van der Waals surface area contributed by atoms with E-state index in [1.165, 1.54) is 6.26 Å². The quantitative estimate of drug-likeness (QED) is 0.225. The van der Waals surface area contributed by atoms with Crippen molar-refractivity contribution in [3.63, 3.8) is 0 Å². The molecule has 0 saturated carbocycles. The van der Waals surface area contributed by atoms with E-state index in [4.69, 9.17) is 10.9 Å². The molecule has 0 heterocycles. The number of rotatable bonds is 7. The van der Waals surface area contributed by atoms with Crippen LogP contribution >= 0.6 is 0 Å². The maximum Gasteiger partial charge on any atom is 0.170 e. The van der Waals surface area contributed by atoms with E-state index in [-0.39, 0.29) is 11.6 Å². The molecule has 0 aromatic heterocycles. The lowest BCUT2D eigenvalue weighted by Gasteiger charge is -2.09. The number of hydrogen-bond acceptors (Lipinski definition) is 5. The summed E-state index contributed by atoms with van der Waals surface area (Å²) in [6.45, 7) is 3.25. The molecule has 0 amide bonds. The Kier molecular flexibility index (Phi) is 5.97. The molecule has 0 spiro atoms. The fraction of sp³-hybridized carbons (Fsp3) is 0.462. The molecule has 7 heteroatoms. The predicted molar refractivity (Wildman–Crippen MR) is 79.7 cm³/mol. The Hall–Kier alpha value is -1.60. The zero-order chi connectivity index (χ0) is 15.2. The van der Waals surface area contributed by atoms with Crippen molar-refractivity contribution in [3.8, 4) is 0 Å². The molecule has 6 nitrogen and oxygen atoms in total. The van der Waals surface area contributed by atoms with Gasteiger partial charge in [-0.1, -0.05) is 17.3 Å². The zero-order valence-corrected chi connectivity index (χ0v) is 12.6. The molecule has 1 rings (SSSR count). The van der Waals surface area contributed by atoms with Crippen molar-refractivity contribution in [2.75, 3.05) is 18.6 Å². The molecular weight excluding hydrogens is 278 g/mol. The summed E-state index contributed by atoms with van der Waals surface area (Å²) in [5.41, 5.74) is 8.32. The van der Waals surface area contributed by atoms with Crippen LogP contribution in [0.5, 0.6) is 0 Å². The first kappa shape index (κ1) is 16.5. The van der Waals surface area contributed by atoms with Gasteiger partial charge in [0.05, 0.1) is 5.75 Å². The van der Waals surface area contributed by atoms with E-state index in [1.54, 1.807) is 6.07 Å². The van der Waals surface area contributed by atoms with Crippen LogP contribution < -0.4 is 11.1 Å². The van der Waals surface area contributed by atoms with Crippen LogP contribution in [-0.2, 0) is 16.4 Å². The van der Waals surface area contributed by atoms with E-state index < -0.39 is 9.84 Å². The van der Waals surface area contributed by atoms with Crippen LogP contribution in [0.2, 0.25) is 0 Å². The highest BCUT2D eigenvalue weighted by atomic mass is 32.2. The molecule has 1 aromatic rings. The third-order valence-electron chi connectivity index (χ3n) is 2.93. The summed E-state index contributed by atoms with van der Waals surface area (Å²) in [6.07, 6.45) is 1.84. The topological polar surface area (TPSA) is 105 Å². The molecule has 4 N–H and O–H groups in total. The van der Waals surface area contributed by atoms with Crippen molar-refractivity contribution in [2.45, 2.75) is 19.9 Å². The summed E-state index contributed by atoms with van der Waals surface area (Å²) in [4.78, 5) is 0. The summed E-state index contributed by atoms with van der Waals surface area (Å²) < 4.78 is 22.0. The molecule has 0 fully saturated rings. The average Bonchev–Trinajstić information content (AvgIpc) is 2.37. The van der Waals surface area contributed by atoms with Gasteiger partial charge in [-0.2, -0.15) is 0 Å². The highest BCUT2D eigenvalue weighted by Gasteiger charge is 2.04. The van der Waals surface area contributed by atoms with Gasteiger partial charge >= 0.3 is 0 Å². The van der Waals surface area contributed by atoms with Crippen LogP contribution in [0.4, 0.5) is 0 Å². The first-order valence-corrected chi connectivity index (χ1v) is 8.35. The molecular formula is C13H21N3O3S. The van der Waals surface area contributed by atoms with Gasteiger partial charge in [0.2, 0.25) is 0 Å². The van der Waals surface area contributed by atoms with Crippen LogP contribution in [-0.4, -0.2) is 38.0 Å². The average molecular weight is 299 g/mol. The fourth-order valence-electron chi connectivity index (χ4n) is 1.79. The van der Waals surface area contributed by atoms with E-state index in [1.807, 2.05) is 19.1 Å². The number of aryl methyl sites for hydroxylation is 1. The monoisotopic (exact) mass is 299 g/mol. The number of sulfone groups is 1. The van der Waals surface area contributed by atoms with Crippen molar-refractivity contribution in [1.29, 1.82) is 0 Å². The number of benzene rings is 1. The smallest absolute Gasteiger partial charge is 0.170 e. The normalized spacial score (nSPS) is 12.6. The lowest BCUT2D eigenvalue weighted by Crippen LogP contribution is -2.19.